The normalized spacial score (nSPS) is 17.3. The van der Waals surface area contributed by atoms with E-state index in [1.165, 1.54) is 0 Å². The zero-order valence-corrected chi connectivity index (χ0v) is 27.6. The number of benzene rings is 5. The number of thioether (sulfide) groups is 1. The van der Waals surface area contributed by atoms with Gasteiger partial charge in [-0.1, -0.05) is 103 Å². The number of aromatic carboxylic acids is 1. The van der Waals surface area contributed by atoms with Crippen LogP contribution in [0.2, 0.25) is 0 Å². The van der Waals surface area contributed by atoms with Gasteiger partial charge in [0.25, 0.3) is 0 Å². The first-order valence-electron chi connectivity index (χ1n) is 16.2. The van der Waals surface area contributed by atoms with Crippen LogP contribution < -0.4 is 10.6 Å². The van der Waals surface area contributed by atoms with E-state index < -0.39 is 12.3 Å². The van der Waals surface area contributed by atoms with E-state index in [2.05, 4.69) is 10.6 Å². The van der Waals surface area contributed by atoms with Gasteiger partial charge in [0, 0.05) is 35.7 Å². The Balaban J connectivity index is 1.14. The van der Waals surface area contributed by atoms with Crippen molar-refractivity contribution in [3.63, 3.8) is 0 Å². The highest BCUT2D eigenvalue weighted by atomic mass is 32.2. The number of carboxylic acids is 1. The zero-order chi connectivity index (χ0) is 34.0. The minimum absolute atomic E-state index is 0.0233. The summed E-state index contributed by atoms with van der Waals surface area (Å²) >= 11 is 1.62. The van der Waals surface area contributed by atoms with Crippen molar-refractivity contribution in [1.82, 2.24) is 10.6 Å². The third-order valence-corrected chi connectivity index (χ3v) is 9.54. The number of aliphatic hydroxyl groups is 1. The van der Waals surface area contributed by atoms with Gasteiger partial charge in [0.15, 0.2) is 6.29 Å². The van der Waals surface area contributed by atoms with Gasteiger partial charge >= 0.3 is 12.0 Å². The molecule has 0 aromatic heterocycles. The summed E-state index contributed by atoms with van der Waals surface area (Å²) in [6.45, 7) is 0.808. The average molecular weight is 675 g/mol. The maximum atomic E-state index is 12.5. The molecule has 5 aromatic rings. The van der Waals surface area contributed by atoms with Crippen LogP contribution in [0.25, 0.3) is 11.1 Å². The van der Waals surface area contributed by atoms with Crippen LogP contribution in [0.4, 0.5) is 4.79 Å². The molecule has 2 amide bonds. The molecule has 9 heteroatoms. The number of ether oxygens (including phenoxy) is 2. The van der Waals surface area contributed by atoms with E-state index in [0.717, 1.165) is 43.8 Å². The second kappa shape index (κ2) is 16.5. The Bertz CT molecular complexity index is 1830. The fourth-order valence-electron chi connectivity index (χ4n) is 5.70. The molecular formula is C40H38N2O6S. The minimum Gasteiger partial charge on any atom is -0.478 e. The largest absolute Gasteiger partial charge is 0.478 e. The molecule has 8 nitrogen and oxygen atoms in total. The van der Waals surface area contributed by atoms with Crippen molar-refractivity contribution in [2.45, 2.75) is 49.5 Å². The Kier molecular flexibility index (Phi) is 11.4. The Morgan fingerprint density at radius 2 is 1.39 bits per heavy atom. The maximum Gasteiger partial charge on any atom is 0.335 e. The lowest BCUT2D eigenvalue weighted by atomic mass is 9.98. The highest BCUT2D eigenvalue weighted by Gasteiger charge is 2.32. The molecule has 1 fully saturated rings. The van der Waals surface area contributed by atoms with Gasteiger partial charge in [-0.3, -0.25) is 0 Å². The summed E-state index contributed by atoms with van der Waals surface area (Å²) in [5.74, 6) is -0.287. The van der Waals surface area contributed by atoms with E-state index in [0.29, 0.717) is 25.3 Å². The van der Waals surface area contributed by atoms with Crippen molar-refractivity contribution in [3.05, 3.63) is 161 Å². The first kappa shape index (κ1) is 34.0. The van der Waals surface area contributed by atoms with Crippen LogP contribution in [0.1, 0.15) is 57.0 Å². The van der Waals surface area contributed by atoms with E-state index in [1.54, 1.807) is 23.9 Å². The van der Waals surface area contributed by atoms with Gasteiger partial charge in [0.2, 0.25) is 0 Å². The lowest BCUT2D eigenvalue weighted by Gasteiger charge is -2.36. The van der Waals surface area contributed by atoms with E-state index in [9.17, 15) is 19.8 Å². The van der Waals surface area contributed by atoms with Crippen molar-refractivity contribution in [2.24, 2.45) is 0 Å². The molecule has 0 radical (unpaired) electrons. The lowest BCUT2D eigenvalue weighted by Crippen LogP contribution is -2.34. The van der Waals surface area contributed by atoms with Crippen molar-refractivity contribution < 1.29 is 29.3 Å². The first-order valence-corrected chi connectivity index (χ1v) is 17.1. The Morgan fingerprint density at radius 1 is 0.714 bits per heavy atom. The number of aliphatic hydroxyl groups excluding tert-OH is 1. The highest BCUT2D eigenvalue weighted by molar-refractivity contribution is 7.99. The number of rotatable bonds is 12. The second-order valence-electron chi connectivity index (χ2n) is 11.8. The summed E-state index contributed by atoms with van der Waals surface area (Å²) in [5, 5.41) is 24.6. The summed E-state index contributed by atoms with van der Waals surface area (Å²) in [5.41, 5.74) is 7.05. The van der Waals surface area contributed by atoms with Crippen LogP contribution in [-0.2, 0) is 29.2 Å². The van der Waals surface area contributed by atoms with Gasteiger partial charge in [-0.15, -0.1) is 11.8 Å². The molecule has 0 spiro atoms. The van der Waals surface area contributed by atoms with Crippen molar-refractivity contribution >= 4 is 23.8 Å². The monoisotopic (exact) mass is 674 g/mol. The molecule has 6 rings (SSSR count). The number of carbonyl (C=O) groups is 2. The standard InChI is InChI=1S/C40H38N2O6S/c43-25-28-10-12-30(13-11-28)37-22-34(26-49-35-20-18-31(19-21-35)38(44)45)47-39(48-37)32-16-14-29(15-17-32)36-9-5-4-8-33(36)24-42-40(46)41-23-27-6-2-1-3-7-27/h1-21,34,37,39,43H,22-26H2,(H,44,45)(H2,41,42,46)/t34-,37+,39+/m0/s1. The summed E-state index contributed by atoms with van der Waals surface area (Å²) < 4.78 is 13.0. The van der Waals surface area contributed by atoms with Crippen LogP contribution in [0.3, 0.4) is 0 Å². The first-order chi connectivity index (χ1) is 23.9. The number of hydrogen-bond acceptors (Lipinski definition) is 6. The Hall–Kier alpha value is -4.93. The predicted octanol–water partition coefficient (Wildman–Crippen LogP) is 7.88. The molecule has 49 heavy (non-hydrogen) atoms. The number of amides is 2. The van der Waals surface area contributed by atoms with E-state index >= 15 is 0 Å². The minimum atomic E-state index is -0.949. The molecule has 1 saturated heterocycles. The smallest absolute Gasteiger partial charge is 0.335 e. The number of urea groups is 1. The second-order valence-corrected chi connectivity index (χ2v) is 12.9. The SMILES string of the molecule is O=C(NCc1ccccc1)NCc1ccccc1-c1ccc([C@@H]2O[C@H](CSc3ccc(C(=O)O)cc3)C[C@H](c3ccc(CO)cc3)O2)cc1. The van der Waals surface area contributed by atoms with Crippen LogP contribution in [0.5, 0.6) is 0 Å². The molecule has 1 aliphatic rings. The lowest BCUT2D eigenvalue weighted by molar-refractivity contribution is -0.245. The molecule has 5 aromatic carbocycles. The number of nitrogens with one attached hydrogen (secondary N) is 2. The van der Waals surface area contributed by atoms with Crippen LogP contribution >= 0.6 is 11.8 Å². The van der Waals surface area contributed by atoms with Crippen LogP contribution in [0.15, 0.2) is 132 Å². The Labute approximate surface area is 290 Å². The molecule has 4 N–H and O–H groups in total. The Morgan fingerprint density at radius 3 is 2.10 bits per heavy atom. The summed E-state index contributed by atoms with van der Waals surface area (Å²) in [6.07, 6.45) is -0.307. The van der Waals surface area contributed by atoms with Crippen molar-refractivity contribution in [3.8, 4) is 11.1 Å². The molecule has 1 heterocycles. The third-order valence-electron chi connectivity index (χ3n) is 8.40. The highest BCUT2D eigenvalue weighted by Crippen LogP contribution is 2.40. The van der Waals surface area contributed by atoms with E-state index in [-0.39, 0.29) is 30.4 Å². The quantitative estimate of drug-likeness (QED) is 0.0995. The fraction of sp³-hybridized carbons (Fsp3) is 0.200. The number of carbonyl (C=O) groups excluding carboxylic acids is 1. The van der Waals surface area contributed by atoms with Gasteiger partial charge in [-0.25, -0.2) is 9.59 Å². The number of carboxylic acid groups (broad SMARTS) is 1. The average Bonchev–Trinajstić information content (AvgIpc) is 3.16. The molecule has 0 saturated carbocycles. The molecule has 250 valence electrons. The molecule has 3 atom stereocenters. The van der Waals surface area contributed by atoms with Crippen LogP contribution in [-0.4, -0.2) is 34.1 Å². The third kappa shape index (κ3) is 9.16. The van der Waals surface area contributed by atoms with Gasteiger partial charge in [-0.2, -0.15) is 0 Å². The van der Waals surface area contributed by atoms with Crippen LogP contribution in [0, 0.1) is 0 Å². The summed E-state index contributed by atoms with van der Waals surface area (Å²) in [7, 11) is 0. The van der Waals surface area contributed by atoms with Crippen molar-refractivity contribution in [2.75, 3.05) is 5.75 Å². The maximum absolute atomic E-state index is 12.5. The van der Waals surface area contributed by atoms with E-state index in [1.807, 2.05) is 115 Å². The number of hydrogen-bond donors (Lipinski definition) is 4. The topological polar surface area (TPSA) is 117 Å². The summed E-state index contributed by atoms with van der Waals surface area (Å²) in [4.78, 5) is 24.8. The zero-order valence-electron chi connectivity index (χ0n) is 26.8. The fourth-order valence-corrected chi connectivity index (χ4v) is 6.62. The summed E-state index contributed by atoms with van der Waals surface area (Å²) in [6, 6.07) is 40.3. The van der Waals surface area contributed by atoms with Crippen molar-refractivity contribution in [1.29, 1.82) is 0 Å². The molecule has 0 unspecified atom stereocenters. The molecule has 0 aliphatic carbocycles. The predicted molar refractivity (Wildman–Crippen MR) is 190 cm³/mol. The van der Waals surface area contributed by atoms with Gasteiger partial charge in [-0.05, 0) is 57.6 Å². The molecule has 1 aliphatic heterocycles. The molecular weight excluding hydrogens is 637 g/mol. The van der Waals surface area contributed by atoms with Gasteiger partial charge in [0.1, 0.15) is 0 Å². The molecule has 0 bridgehead atoms. The van der Waals surface area contributed by atoms with Gasteiger partial charge < -0.3 is 30.3 Å². The van der Waals surface area contributed by atoms with E-state index in [4.69, 9.17) is 9.47 Å². The van der Waals surface area contributed by atoms with Gasteiger partial charge in [0.05, 0.1) is 24.4 Å².